The minimum absolute atomic E-state index is 0.0998. The molecule has 0 radical (unpaired) electrons. The molecule has 3 heteroatoms. The van der Waals surface area contributed by atoms with E-state index in [1.165, 1.54) is 12.8 Å². The van der Waals surface area contributed by atoms with Crippen LogP contribution in [0.5, 0.6) is 0 Å². The Bertz CT molecular complexity index is 413. The van der Waals surface area contributed by atoms with Crippen molar-refractivity contribution in [2.24, 2.45) is 0 Å². The summed E-state index contributed by atoms with van der Waals surface area (Å²) in [5.74, 6) is -0.0998. The number of benzene rings is 1. The van der Waals surface area contributed by atoms with Gasteiger partial charge in [0.1, 0.15) is 5.82 Å². The van der Waals surface area contributed by atoms with Gasteiger partial charge in [0.15, 0.2) is 0 Å². The van der Waals surface area contributed by atoms with Gasteiger partial charge >= 0.3 is 0 Å². The molecule has 1 aromatic carbocycles. The highest BCUT2D eigenvalue weighted by atomic mass is 19.1. The third-order valence-electron chi connectivity index (χ3n) is 3.58. The molecule has 0 aliphatic heterocycles. The maximum Gasteiger partial charge on any atom is 0.146 e. The molecule has 1 aliphatic rings. The predicted octanol–water partition coefficient (Wildman–Crippen LogP) is 3.70. The van der Waals surface area contributed by atoms with E-state index < -0.39 is 0 Å². The molecule has 1 aliphatic carbocycles. The highest BCUT2D eigenvalue weighted by Crippen LogP contribution is 2.24. The molecule has 0 spiro atoms. The topological polar surface area (TPSA) is 15.3 Å². The molecule has 0 amide bonds. The first-order valence-electron chi connectivity index (χ1n) is 7.40. The van der Waals surface area contributed by atoms with Crippen molar-refractivity contribution in [3.05, 3.63) is 29.6 Å². The second-order valence-electron chi connectivity index (χ2n) is 5.73. The van der Waals surface area contributed by atoms with Crippen molar-refractivity contribution in [1.29, 1.82) is 0 Å². The molecule has 106 valence electrons. The van der Waals surface area contributed by atoms with Crippen molar-refractivity contribution in [1.82, 2.24) is 5.32 Å². The summed E-state index contributed by atoms with van der Waals surface area (Å²) < 4.78 is 14.3. The van der Waals surface area contributed by atoms with Gasteiger partial charge in [-0.15, -0.1) is 0 Å². The molecule has 19 heavy (non-hydrogen) atoms. The van der Waals surface area contributed by atoms with Crippen LogP contribution in [-0.4, -0.2) is 18.6 Å². The quantitative estimate of drug-likeness (QED) is 0.807. The van der Waals surface area contributed by atoms with Crippen molar-refractivity contribution in [2.75, 3.05) is 11.4 Å². The fourth-order valence-electron chi connectivity index (χ4n) is 2.34. The molecule has 0 bridgehead atoms. The Labute approximate surface area is 116 Å². The van der Waals surface area contributed by atoms with E-state index in [1.54, 1.807) is 6.07 Å². The molecule has 2 nitrogen and oxygen atoms in total. The smallest absolute Gasteiger partial charge is 0.146 e. The third-order valence-corrected chi connectivity index (χ3v) is 3.58. The second-order valence-corrected chi connectivity index (χ2v) is 5.73. The largest absolute Gasteiger partial charge is 0.367 e. The number of nitrogens with zero attached hydrogens (tertiary/aromatic N) is 1. The van der Waals surface area contributed by atoms with Crippen LogP contribution in [0.15, 0.2) is 18.2 Å². The van der Waals surface area contributed by atoms with Crippen molar-refractivity contribution >= 4 is 5.69 Å². The molecule has 1 N–H and O–H groups in total. The first kappa shape index (κ1) is 14.3. The Kier molecular flexibility index (Phi) is 4.81. The summed E-state index contributed by atoms with van der Waals surface area (Å²) in [6, 6.07) is 6.63. The van der Waals surface area contributed by atoms with E-state index in [-0.39, 0.29) is 5.82 Å². The molecule has 1 saturated carbocycles. The molecular formula is C16H25FN2. The van der Waals surface area contributed by atoms with E-state index in [1.807, 2.05) is 12.1 Å². The summed E-state index contributed by atoms with van der Waals surface area (Å²) in [5.41, 5.74) is 1.76. The van der Waals surface area contributed by atoms with Gasteiger partial charge in [-0.2, -0.15) is 0 Å². The van der Waals surface area contributed by atoms with E-state index >= 15 is 0 Å². The lowest BCUT2D eigenvalue weighted by atomic mass is 10.1. The van der Waals surface area contributed by atoms with Gasteiger partial charge in [0.05, 0.1) is 5.69 Å². The number of nitrogens with one attached hydrogen (secondary N) is 1. The molecule has 0 heterocycles. The van der Waals surface area contributed by atoms with Crippen molar-refractivity contribution < 1.29 is 4.39 Å². The van der Waals surface area contributed by atoms with E-state index in [9.17, 15) is 4.39 Å². The van der Waals surface area contributed by atoms with Crippen molar-refractivity contribution in [2.45, 2.75) is 58.7 Å². The lowest BCUT2D eigenvalue weighted by Crippen LogP contribution is -2.32. The first-order chi connectivity index (χ1) is 9.11. The number of rotatable bonds is 7. The van der Waals surface area contributed by atoms with Gasteiger partial charge in [0, 0.05) is 25.2 Å². The number of hydrogen-bond acceptors (Lipinski definition) is 2. The molecular weight excluding hydrogens is 239 g/mol. The molecule has 1 fully saturated rings. The zero-order chi connectivity index (χ0) is 13.8. The monoisotopic (exact) mass is 264 g/mol. The van der Waals surface area contributed by atoms with Crippen LogP contribution in [-0.2, 0) is 6.54 Å². The van der Waals surface area contributed by atoms with Crippen LogP contribution in [0.2, 0.25) is 0 Å². The minimum atomic E-state index is -0.0998. The van der Waals surface area contributed by atoms with E-state index in [2.05, 4.69) is 31.0 Å². The van der Waals surface area contributed by atoms with Crippen LogP contribution in [0, 0.1) is 5.82 Å². The molecule has 0 aromatic heterocycles. The summed E-state index contributed by atoms with van der Waals surface area (Å²) >= 11 is 0. The Morgan fingerprint density at radius 1 is 1.37 bits per heavy atom. The fraction of sp³-hybridized carbons (Fsp3) is 0.625. The van der Waals surface area contributed by atoms with Gasteiger partial charge in [-0.25, -0.2) is 4.39 Å². The maximum absolute atomic E-state index is 14.3. The minimum Gasteiger partial charge on any atom is -0.367 e. The lowest BCUT2D eigenvalue weighted by molar-refractivity contribution is 0.592. The van der Waals surface area contributed by atoms with Gasteiger partial charge in [0.2, 0.25) is 0 Å². The maximum atomic E-state index is 14.3. The predicted molar refractivity (Wildman–Crippen MR) is 79.0 cm³/mol. The average molecular weight is 264 g/mol. The summed E-state index contributed by atoms with van der Waals surface area (Å²) in [5, 5.41) is 3.42. The SMILES string of the molecule is CCCN(c1ccc(CNC2CC2)cc1F)C(C)C. The van der Waals surface area contributed by atoms with Gasteiger partial charge in [-0.05, 0) is 50.8 Å². The van der Waals surface area contributed by atoms with Gasteiger partial charge in [0.25, 0.3) is 0 Å². The van der Waals surface area contributed by atoms with E-state index in [0.29, 0.717) is 12.1 Å². The Morgan fingerprint density at radius 3 is 2.63 bits per heavy atom. The highest BCUT2D eigenvalue weighted by Gasteiger charge is 2.20. The Hall–Kier alpha value is -1.09. The van der Waals surface area contributed by atoms with Gasteiger partial charge in [-0.1, -0.05) is 13.0 Å². The fourth-order valence-corrected chi connectivity index (χ4v) is 2.34. The summed E-state index contributed by atoms with van der Waals surface area (Å²) in [6.45, 7) is 8.02. The van der Waals surface area contributed by atoms with Crippen molar-refractivity contribution in [3.8, 4) is 0 Å². The van der Waals surface area contributed by atoms with E-state index in [4.69, 9.17) is 0 Å². The molecule has 0 saturated heterocycles. The van der Waals surface area contributed by atoms with Crippen LogP contribution in [0.3, 0.4) is 0 Å². The highest BCUT2D eigenvalue weighted by molar-refractivity contribution is 5.50. The van der Waals surface area contributed by atoms with E-state index in [0.717, 1.165) is 30.8 Å². The number of halogens is 1. The average Bonchev–Trinajstić information content (AvgIpc) is 3.18. The lowest BCUT2D eigenvalue weighted by Gasteiger charge is -2.29. The second kappa shape index (κ2) is 6.38. The Morgan fingerprint density at radius 2 is 2.11 bits per heavy atom. The number of hydrogen-bond donors (Lipinski definition) is 1. The van der Waals surface area contributed by atoms with Crippen LogP contribution < -0.4 is 10.2 Å². The van der Waals surface area contributed by atoms with Crippen LogP contribution in [0.1, 0.15) is 45.6 Å². The first-order valence-corrected chi connectivity index (χ1v) is 7.40. The summed E-state index contributed by atoms with van der Waals surface area (Å²) in [4.78, 5) is 2.13. The third kappa shape index (κ3) is 3.93. The van der Waals surface area contributed by atoms with Gasteiger partial charge in [-0.3, -0.25) is 0 Å². The van der Waals surface area contributed by atoms with Gasteiger partial charge < -0.3 is 10.2 Å². The van der Waals surface area contributed by atoms with Crippen LogP contribution in [0.25, 0.3) is 0 Å². The van der Waals surface area contributed by atoms with Crippen LogP contribution in [0.4, 0.5) is 10.1 Å². The zero-order valence-corrected chi connectivity index (χ0v) is 12.2. The summed E-state index contributed by atoms with van der Waals surface area (Å²) in [6.07, 6.45) is 3.55. The molecule has 0 unspecified atom stereocenters. The summed E-state index contributed by atoms with van der Waals surface area (Å²) in [7, 11) is 0. The zero-order valence-electron chi connectivity index (χ0n) is 12.2. The molecule has 0 atom stereocenters. The van der Waals surface area contributed by atoms with Crippen LogP contribution >= 0.6 is 0 Å². The Balaban J connectivity index is 2.07. The molecule has 2 rings (SSSR count). The number of anilines is 1. The normalized spacial score (nSPS) is 15.0. The molecule has 1 aromatic rings. The standard InChI is InChI=1S/C16H25FN2/c1-4-9-19(12(2)3)16-8-5-13(10-15(16)17)11-18-14-6-7-14/h5,8,10,12,14,18H,4,6-7,9,11H2,1-3H3. The van der Waals surface area contributed by atoms with Crippen molar-refractivity contribution in [3.63, 3.8) is 0 Å².